The molecule has 2 unspecified atom stereocenters. The van der Waals surface area contributed by atoms with E-state index >= 15 is 0 Å². The molecule has 0 radical (unpaired) electrons. The molecule has 10 heteroatoms. The van der Waals surface area contributed by atoms with Gasteiger partial charge in [0.25, 0.3) is 0 Å². The lowest BCUT2D eigenvalue weighted by atomic mass is 9.75. The third kappa shape index (κ3) is 5.98. The molecule has 0 aliphatic carbocycles. The Morgan fingerprint density at radius 3 is 2.73 bits per heavy atom. The van der Waals surface area contributed by atoms with Gasteiger partial charge in [0.2, 0.25) is 0 Å². The zero-order valence-electron chi connectivity index (χ0n) is 18.7. The molecule has 8 nitrogen and oxygen atoms in total. The lowest BCUT2D eigenvalue weighted by Crippen LogP contribution is -2.37. The molecule has 2 atom stereocenters. The van der Waals surface area contributed by atoms with Crippen molar-refractivity contribution in [3.63, 3.8) is 0 Å². The standard InChI is InChI=1S/C23H26ClN3O5S/c1-4-32-22(29)20-17(13-31-11-9-25-23-26-10-12-33-23)27-14(2)18(21(28)30-3)19(20)15-7-5-6-8-16(15)24/h5-8,10,12,18-19H,4,9,11,13H2,1-3H3,(H,25,26). The second-order valence-corrected chi connectivity index (χ2v) is 8.45. The van der Waals surface area contributed by atoms with Crippen molar-refractivity contribution in [2.75, 3.05) is 38.8 Å². The molecule has 2 aromatic rings. The average molecular weight is 492 g/mol. The Bertz CT molecular complexity index is 1040. The fraction of sp³-hybridized carbons (Fsp3) is 0.391. The van der Waals surface area contributed by atoms with Gasteiger partial charge in [-0.2, -0.15) is 0 Å². The topological polar surface area (TPSA) is 99.1 Å². The summed E-state index contributed by atoms with van der Waals surface area (Å²) in [6.45, 7) is 4.60. The predicted molar refractivity (Wildman–Crippen MR) is 128 cm³/mol. The highest BCUT2D eigenvalue weighted by Crippen LogP contribution is 2.42. The minimum absolute atomic E-state index is 0.0693. The lowest BCUT2D eigenvalue weighted by Gasteiger charge is -2.32. The number of methoxy groups -OCH3 is 1. The average Bonchev–Trinajstić information content (AvgIpc) is 3.32. The highest BCUT2D eigenvalue weighted by Gasteiger charge is 2.43. The van der Waals surface area contributed by atoms with E-state index in [-0.39, 0.29) is 18.8 Å². The maximum absolute atomic E-state index is 13.1. The Morgan fingerprint density at radius 2 is 2.06 bits per heavy atom. The third-order valence-corrected chi connectivity index (χ3v) is 6.18. The number of hydrogen-bond donors (Lipinski definition) is 1. The van der Waals surface area contributed by atoms with Gasteiger partial charge in [-0.1, -0.05) is 29.8 Å². The molecule has 0 amide bonds. The van der Waals surface area contributed by atoms with E-state index in [4.69, 9.17) is 25.8 Å². The Morgan fingerprint density at radius 1 is 1.27 bits per heavy atom. The Labute approximate surface area is 201 Å². The summed E-state index contributed by atoms with van der Waals surface area (Å²) < 4.78 is 16.2. The van der Waals surface area contributed by atoms with Crippen LogP contribution in [0.1, 0.15) is 25.3 Å². The number of aliphatic imine (C=N–C) groups is 1. The largest absolute Gasteiger partial charge is 0.468 e. The predicted octanol–water partition coefficient (Wildman–Crippen LogP) is 4.09. The maximum Gasteiger partial charge on any atom is 0.336 e. The number of hydrogen-bond acceptors (Lipinski definition) is 9. The van der Waals surface area contributed by atoms with Crippen molar-refractivity contribution in [1.82, 2.24) is 4.98 Å². The molecule has 1 aromatic heterocycles. The number of halogens is 1. The van der Waals surface area contributed by atoms with Crippen LogP contribution >= 0.6 is 22.9 Å². The molecule has 1 aliphatic rings. The van der Waals surface area contributed by atoms with E-state index in [9.17, 15) is 9.59 Å². The maximum atomic E-state index is 13.1. The van der Waals surface area contributed by atoms with E-state index in [0.29, 0.717) is 35.1 Å². The Kier molecular flexibility index (Phi) is 8.99. The normalized spacial score (nSPS) is 18.0. The number of esters is 2. The number of anilines is 1. The first-order valence-corrected chi connectivity index (χ1v) is 11.7. The SMILES string of the molecule is CCOC(=O)C1=C(COCCNc2nccs2)N=C(C)C(C(=O)OC)C1c1ccccc1Cl. The summed E-state index contributed by atoms with van der Waals surface area (Å²) in [5, 5.41) is 6.27. The molecule has 33 heavy (non-hydrogen) atoms. The second-order valence-electron chi connectivity index (χ2n) is 7.15. The highest BCUT2D eigenvalue weighted by molar-refractivity contribution is 7.13. The lowest BCUT2D eigenvalue weighted by molar-refractivity contribution is -0.144. The zero-order chi connectivity index (χ0) is 23.8. The van der Waals surface area contributed by atoms with Crippen LogP contribution in [0, 0.1) is 5.92 Å². The van der Waals surface area contributed by atoms with E-state index in [2.05, 4.69) is 15.3 Å². The molecule has 0 fully saturated rings. The van der Waals surface area contributed by atoms with E-state index < -0.39 is 23.8 Å². The molecular formula is C23H26ClN3O5S. The second kappa shape index (κ2) is 11.9. The van der Waals surface area contributed by atoms with Crippen LogP contribution in [0.15, 0.2) is 52.1 Å². The summed E-state index contributed by atoms with van der Waals surface area (Å²) in [6, 6.07) is 7.10. The Hall–Kier alpha value is -2.75. The van der Waals surface area contributed by atoms with Gasteiger partial charge in [0.15, 0.2) is 5.13 Å². The van der Waals surface area contributed by atoms with Crippen molar-refractivity contribution < 1.29 is 23.8 Å². The number of nitrogens with one attached hydrogen (secondary N) is 1. The fourth-order valence-electron chi connectivity index (χ4n) is 3.70. The summed E-state index contributed by atoms with van der Waals surface area (Å²) in [5.74, 6) is -2.60. The number of carbonyl (C=O) groups excluding carboxylic acids is 2. The van der Waals surface area contributed by atoms with Gasteiger partial charge < -0.3 is 19.5 Å². The van der Waals surface area contributed by atoms with Crippen molar-refractivity contribution >= 4 is 45.7 Å². The minimum Gasteiger partial charge on any atom is -0.468 e. The first-order chi connectivity index (χ1) is 16.0. The van der Waals surface area contributed by atoms with E-state index in [1.54, 1.807) is 44.3 Å². The van der Waals surface area contributed by atoms with Gasteiger partial charge in [0.05, 0.1) is 38.2 Å². The molecule has 0 saturated heterocycles. The fourth-order valence-corrected chi connectivity index (χ4v) is 4.51. The number of ether oxygens (including phenoxy) is 3. The molecule has 0 saturated carbocycles. The summed E-state index contributed by atoms with van der Waals surface area (Å²) in [4.78, 5) is 34.6. The molecule has 1 aromatic carbocycles. The molecule has 1 N–H and O–H groups in total. The summed E-state index contributed by atoms with van der Waals surface area (Å²) in [5.41, 5.74) is 1.79. The first kappa shape index (κ1) is 24.9. The molecule has 3 rings (SSSR count). The number of aromatic nitrogens is 1. The summed E-state index contributed by atoms with van der Waals surface area (Å²) >= 11 is 7.99. The number of carbonyl (C=O) groups is 2. The van der Waals surface area contributed by atoms with E-state index in [1.807, 2.05) is 5.38 Å². The van der Waals surface area contributed by atoms with Gasteiger partial charge in [-0.25, -0.2) is 9.78 Å². The van der Waals surface area contributed by atoms with Crippen LogP contribution in [0.2, 0.25) is 5.02 Å². The highest BCUT2D eigenvalue weighted by atomic mass is 35.5. The number of nitrogens with zero attached hydrogens (tertiary/aromatic N) is 2. The number of benzene rings is 1. The van der Waals surface area contributed by atoms with Crippen molar-refractivity contribution in [2.24, 2.45) is 10.9 Å². The van der Waals surface area contributed by atoms with Crippen LogP contribution in [-0.4, -0.2) is 56.1 Å². The van der Waals surface area contributed by atoms with Crippen molar-refractivity contribution in [3.8, 4) is 0 Å². The van der Waals surface area contributed by atoms with Gasteiger partial charge in [0.1, 0.15) is 5.92 Å². The van der Waals surface area contributed by atoms with Crippen LogP contribution < -0.4 is 5.32 Å². The number of thiazole rings is 1. The van der Waals surface area contributed by atoms with Crippen LogP contribution in [0.4, 0.5) is 5.13 Å². The molecule has 176 valence electrons. The third-order valence-electron chi connectivity index (χ3n) is 5.10. The minimum atomic E-state index is -0.815. The molecule has 0 bridgehead atoms. The number of rotatable bonds is 10. The molecule has 2 heterocycles. The quantitative estimate of drug-likeness (QED) is 0.394. The molecule has 1 aliphatic heterocycles. The van der Waals surface area contributed by atoms with Gasteiger partial charge >= 0.3 is 11.9 Å². The van der Waals surface area contributed by atoms with Crippen molar-refractivity contribution in [2.45, 2.75) is 19.8 Å². The van der Waals surface area contributed by atoms with Crippen molar-refractivity contribution in [3.05, 3.63) is 57.7 Å². The Balaban J connectivity index is 1.93. The van der Waals surface area contributed by atoms with Gasteiger partial charge in [-0.15, -0.1) is 11.3 Å². The summed E-state index contributed by atoms with van der Waals surface area (Å²) in [6.07, 6.45) is 1.72. The monoisotopic (exact) mass is 491 g/mol. The first-order valence-electron chi connectivity index (χ1n) is 10.5. The smallest absolute Gasteiger partial charge is 0.336 e. The summed E-state index contributed by atoms with van der Waals surface area (Å²) in [7, 11) is 1.31. The zero-order valence-corrected chi connectivity index (χ0v) is 20.2. The van der Waals surface area contributed by atoms with Crippen LogP contribution in [0.25, 0.3) is 0 Å². The van der Waals surface area contributed by atoms with E-state index in [1.165, 1.54) is 18.4 Å². The van der Waals surface area contributed by atoms with Gasteiger partial charge in [-0.05, 0) is 25.5 Å². The van der Waals surface area contributed by atoms with Gasteiger partial charge in [-0.3, -0.25) is 9.79 Å². The van der Waals surface area contributed by atoms with Crippen molar-refractivity contribution in [1.29, 1.82) is 0 Å². The van der Waals surface area contributed by atoms with Crippen LogP contribution in [-0.2, 0) is 23.8 Å². The molecular weight excluding hydrogens is 466 g/mol. The van der Waals surface area contributed by atoms with Crippen LogP contribution in [0.5, 0.6) is 0 Å². The van der Waals surface area contributed by atoms with Crippen LogP contribution in [0.3, 0.4) is 0 Å². The van der Waals surface area contributed by atoms with E-state index in [0.717, 1.165) is 5.13 Å². The van der Waals surface area contributed by atoms with Gasteiger partial charge in [0, 0.05) is 34.8 Å². The molecule has 0 spiro atoms.